The molecule has 0 amide bonds. The van der Waals surface area contributed by atoms with Gasteiger partial charge in [0, 0.05) is 50.3 Å². The zero-order chi connectivity index (χ0) is 16.8. The van der Waals surface area contributed by atoms with E-state index in [0.29, 0.717) is 0 Å². The number of nitrogens with one attached hydrogen (secondary N) is 2. The summed E-state index contributed by atoms with van der Waals surface area (Å²) in [5.74, 6) is 0.899. The molecule has 5 nitrogen and oxygen atoms in total. The van der Waals surface area contributed by atoms with Crippen molar-refractivity contribution in [2.24, 2.45) is 4.99 Å². The molecule has 2 N–H and O–H groups in total. The Morgan fingerprint density at radius 3 is 2.74 bits per heavy atom. The summed E-state index contributed by atoms with van der Waals surface area (Å²) in [6.45, 7) is 10.6. The van der Waals surface area contributed by atoms with E-state index in [4.69, 9.17) is 4.74 Å². The lowest BCUT2D eigenvalue weighted by Gasteiger charge is -2.11. The van der Waals surface area contributed by atoms with E-state index in [1.165, 1.54) is 11.4 Å². The smallest absolute Gasteiger partial charge is 0.191 e. The molecular formula is C17H32N4OS. The van der Waals surface area contributed by atoms with Crippen molar-refractivity contribution in [3.63, 3.8) is 0 Å². The number of aromatic nitrogens is 1. The third-order valence-electron chi connectivity index (χ3n) is 3.23. The van der Waals surface area contributed by atoms with Crippen molar-refractivity contribution in [3.8, 4) is 0 Å². The molecule has 0 aliphatic heterocycles. The highest BCUT2D eigenvalue weighted by molar-refractivity contribution is 7.09. The lowest BCUT2D eigenvalue weighted by Crippen LogP contribution is -2.38. The van der Waals surface area contributed by atoms with Crippen LogP contribution in [0.2, 0.25) is 0 Å². The van der Waals surface area contributed by atoms with Crippen LogP contribution in [-0.2, 0) is 11.2 Å². The van der Waals surface area contributed by atoms with Crippen LogP contribution in [0.5, 0.6) is 0 Å². The molecule has 0 fully saturated rings. The largest absolute Gasteiger partial charge is 0.381 e. The van der Waals surface area contributed by atoms with E-state index in [0.717, 1.165) is 70.2 Å². The molecule has 23 heavy (non-hydrogen) atoms. The molecule has 1 aromatic heterocycles. The average molecular weight is 341 g/mol. The van der Waals surface area contributed by atoms with Crippen LogP contribution >= 0.6 is 11.3 Å². The minimum absolute atomic E-state index is 0.815. The number of aliphatic imine (C=N–C) groups is 1. The van der Waals surface area contributed by atoms with Gasteiger partial charge in [-0.3, -0.25) is 4.99 Å². The summed E-state index contributed by atoms with van der Waals surface area (Å²) in [5.41, 5.74) is 1.12. The van der Waals surface area contributed by atoms with Crippen LogP contribution in [0.15, 0.2) is 10.4 Å². The Morgan fingerprint density at radius 2 is 2.04 bits per heavy atom. The predicted octanol–water partition coefficient (Wildman–Crippen LogP) is 3.15. The summed E-state index contributed by atoms with van der Waals surface area (Å²) in [7, 11) is 0. The van der Waals surface area contributed by atoms with Crippen LogP contribution in [0.1, 0.15) is 50.2 Å². The molecule has 0 aliphatic carbocycles. The molecule has 0 bridgehead atoms. The number of rotatable bonds is 12. The topological polar surface area (TPSA) is 58.5 Å². The first kappa shape index (κ1) is 19.9. The minimum atomic E-state index is 0.815. The Bertz CT molecular complexity index is 434. The number of ether oxygens (including phenoxy) is 1. The Balaban J connectivity index is 2.14. The fraction of sp³-hybridized carbons (Fsp3) is 0.765. The number of hydrogen-bond donors (Lipinski definition) is 2. The Hall–Kier alpha value is -1.14. The molecule has 0 unspecified atom stereocenters. The van der Waals surface area contributed by atoms with Crippen LogP contribution in [0, 0.1) is 6.92 Å². The molecule has 132 valence electrons. The number of aryl methyl sites for hydroxylation is 2. The van der Waals surface area contributed by atoms with E-state index < -0.39 is 0 Å². The standard InChI is InChI=1S/C17H32N4OS/c1-4-6-12-22-13-8-11-20-17(18-5-2)19-10-7-9-16-21-15(3)14-23-16/h14H,4-13H2,1-3H3,(H2,18,19,20). The monoisotopic (exact) mass is 340 g/mol. The second kappa shape index (κ2) is 13.3. The van der Waals surface area contributed by atoms with Crippen molar-refractivity contribution >= 4 is 17.3 Å². The number of unbranched alkanes of at least 4 members (excludes halogenated alkanes) is 1. The quantitative estimate of drug-likeness (QED) is 0.349. The zero-order valence-corrected chi connectivity index (χ0v) is 15.7. The van der Waals surface area contributed by atoms with E-state index in [1.807, 2.05) is 6.92 Å². The minimum Gasteiger partial charge on any atom is -0.381 e. The van der Waals surface area contributed by atoms with Gasteiger partial charge in [0.15, 0.2) is 5.96 Å². The lowest BCUT2D eigenvalue weighted by molar-refractivity contribution is 0.129. The molecule has 0 radical (unpaired) electrons. The SMILES string of the molecule is CCCCOCCCNC(=NCCCc1nc(C)cs1)NCC. The van der Waals surface area contributed by atoms with Crippen LogP contribution in [0.3, 0.4) is 0 Å². The average Bonchev–Trinajstić information content (AvgIpc) is 2.96. The van der Waals surface area contributed by atoms with Gasteiger partial charge in [0.25, 0.3) is 0 Å². The fourth-order valence-electron chi connectivity index (χ4n) is 2.01. The number of guanidine groups is 1. The van der Waals surface area contributed by atoms with E-state index >= 15 is 0 Å². The van der Waals surface area contributed by atoms with Crippen LogP contribution in [0.4, 0.5) is 0 Å². The van der Waals surface area contributed by atoms with Crippen molar-refractivity contribution in [1.29, 1.82) is 0 Å². The van der Waals surface area contributed by atoms with Crippen LogP contribution in [-0.4, -0.2) is 43.8 Å². The van der Waals surface area contributed by atoms with E-state index in [2.05, 4.69) is 39.8 Å². The maximum atomic E-state index is 5.56. The molecule has 0 spiro atoms. The van der Waals surface area contributed by atoms with Gasteiger partial charge in [0.2, 0.25) is 0 Å². The first-order valence-electron chi connectivity index (χ1n) is 8.77. The van der Waals surface area contributed by atoms with Gasteiger partial charge in [-0.2, -0.15) is 0 Å². The Morgan fingerprint density at radius 1 is 1.22 bits per heavy atom. The lowest BCUT2D eigenvalue weighted by atomic mass is 10.3. The molecule has 1 rings (SSSR count). The number of nitrogens with zero attached hydrogens (tertiary/aromatic N) is 2. The summed E-state index contributed by atoms with van der Waals surface area (Å²) in [4.78, 5) is 9.09. The second-order valence-corrected chi connectivity index (χ2v) is 6.44. The van der Waals surface area contributed by atoms with Gasteiger partial charge >= 0.3 is 0 Å². The van der Waals surface area contributed by atoms with Crippen LogP contribution in [0.25, 0.3) is 0 Å². The summed E-state index contributed by atoms with van der Waals surface area (Å²) < 4.78 is 5.56. The third kappa shape index (κ3) is 10.3. The third-order valence-corrected chi connectivity index (χ3v) is 4.26. The summed E-state index contributed by atoms with van der Waals surface area (Å²) >= 11 is 1.74. The van der Waals surface area contributed by atoms with Crippen molar-refractivity contribution in [1.82, 2.24) is 15.6 Å². The number of hydrogen-bond acceptors (Lipinski definition) is 4. The van der Waals surface area contributed by atoms with Gasteiger partial charge in [-0.05, 0) is 33.1 Å². The Labute approximate surface area is 145 Å². The first-order chi connectivity index (χ1) is 11.3. The highest BCUT2D eigenvalue weighted by Crippen LogP contribution is 2.10. The van der Waals surface area contributed by atoms with E-state index in [9.17, 15) is 0 Å². The zero-order valence-electron chi connectivity index (χ0n) is 14.9. The van der Waals surface area contributed by atoms with Gasteiger partial charge in [0.1, 0.15) is 0 Å². The van der Waals surface area contributed by atoms with Crippen LogP contribution < -0.4 is 10.6 Å². The van der Waals surface area contributed by atoms with Crippen molar-refractivity contribution < 1.29 is 4.74 Å². The first-order valence-corrected chi connectivity index (χ1v) is 9.65. The van der Waals surface area contributed by atoms with Crippen molar-refractivity contribution in [2.45, 2.75) is 52.9 Å². The summed E-state index contributed by atoms with van der Waals surface area (Å²) in [6.07, 6.45) is 5.38. The molecule has 0 atom stereocenters. The Kier molecular flexibility index (Phi) is 11.5. The molecule has 1 heterocycles. The second-order valence-electron chi connectivity index (χ2n) is 5.49. The molecule has 0 saturated carbocycles. The van der Waals surface area contributed by atoms with Crippen molar-refractivity contribution in [2.75, 3.05) is 32.8 Å². The fourth-order valence-corrected chi connectivity index (χ4v) is 2.83. The van der Waals surface area contributed by atoms with Crippen molar-refractivity contribution in [3.05, 3.63) is 16.1 Å². The molecule has 1 aromatic rings. The van der Waals surface area contributed by atoms with Gasteiger partial charge in [-0.25, -0.2) is 4.98 Å². The predicted molar refractivity (Wildman–Crippen MR) is 99.5 cm³/mol. The molecule has 0 saturated heterocycles. The van der Waals surface area contributed by atoms with Gasteiger partial charge in [0.05, 0.1) is 5.01 Å². The maximum Gasteiger partial charge on any atom is 0.191 e. The highest BCUT2D eigenvalue weighted by Gasteiger charge is 1.99. The molecule has 0 aliphatic rings. The summed E-state index contributed by atoms with van der Waals surface area (Å²) in [6, 6.07) is 0. The number of thiazole rings is 1. The summed E-state index contributed by atoms with van der Waals surface area (Å²) in [5, 5.41) is 9.95. The normalized spacial score (nSPS) is 11.7. The molecule has 6 heteroatoms. The van der Waals surface area contributed by atoms with Gasteiger partial charge < -0.3 is 15.4 Å². The van der Waals surface area contributed by atoms with E-state index in [1.54, 1.807) is 11.3 Å². The maximum absolute atomic E-state index is 5.56. The van der Waals surface area contributed by atoms with E-state index in [-0.39, 0.29) is 0 Å². The molecular weight excluding hydrogens is 308 g/mol. The molecule has 0 aromatic carbocycles. The highest BCUT2D eigenvalue weighted by atomic mass is 32.1. The van der Waals surface area contributed by atoms with Gasteiger partial charge in [-0.1, -0.05) is 13.3 Å². The van der Waals surface area contributed by atoms with Gasteiger partial charge in [-0.15, -0.1) is 11.3 Å².